The highest BCUT2D eigenvalue weighted by molar-refractivity contribution is 4.85. The lowest BCUT2D eigenvalue weighted by atomic mass is 10.1. The standard InChI is InChI=1S/C8H14O/c1-5-9-8(4)6-7(2)3/h5,7H,1,4,6H2,2-3H3. The summed E-state index contributed by atoms with van der Waals surface area (Å²) in [6.45, 7) is 11.4. The molecule has 0 rings (SSSR count). The van der Waals surface area contributed by atoms with Gasteiger partial charge < -0.3 is 4.74 Å². The van der Waals surface area contributed by atoms with Crippen molar-refractivity contribution in [1.29, 1.82) is 0 Å². The van der Waals surface area contributed by atoms with E-state index in [0.717, 1.165) is 12.2 Å². The fourth-order valence-electron chi connectivity index (χ4n) is 0.621. The first-order valence-electron chi connectivity index (χ1n) is 3.12. The summed E-state index contributed by atoms with van der Waals surface area (Å²) in [5.41, 5.74) is 0. The van der Waals surface area contributed by atoms with Gasteiger partial charge in [-0.2, -0.15) is 0 Å². The van der Waals surface area contributed by atoms with Crippen LogP contribution in [0.3, 0.4) is 0 Å². The number of hydrogen-bond acceptors (Lipinski definition) is 1. The molecule has 0 saturated heterocycles. The maximum Gasteiger partial charge on any atom is 0.0962 e. The Morgan fingerprint density at radius 1 is 1.67 bits per heavy atom. The number of rotatable bonds is 4. The molecule has 0 aliphatic heterocycles. The van der Waals surface area contributed by atoms with Gasteiger partial charge in [-0.25, -0.2) is 0 Å². The van der Waals surface area contributed by atoms with Gasteiger partial charge in [-0.05, 0) is 5.92 Å². The summed E-state index contributed by atoms with van der Waals surface area (Å²) in [7, 11) is 0. The molecule has 0 aromatic rings. The summed E-state index contributed by atoms with van der Waals surface area (Å²) in [6.07, 6.45) is 2.32. The van der Waals surface area contributed by atoms with Gasteiger partial charge in [0.05, 0.1) is 12.0 Å². The van der Waals surface area contributed by atoms with Crippen LogP contribution in [-0.4, -0.2) is 0 Å². The predicted molar refractivity (Wildman–Crippen MR) is 39.9 cm³/mol. The van der Waals surface area contributed by atoms with Gasteiger partial charge in [-0.3, -0.25) is 0 Å². The SMILES string of the molecule is C=COC(=C)CC(C)C. The Bertz CT molecular complexity index is 103. The minimum atomic E-state index is 0.609. The lowest BCUT2D eigenvalue weighted by molar-refractivity contribution is 0.321. The van der Waals surface area contributed by atoms with E-state index in [2.05, 4.69) is 27.0 Å². The monoisotopic (exact) mass is 126 g/mol. The first kappa shape index (κ1) is 8.28. The quantitative estimate of drug-likeness (QED) is 0.526. The van der Waals surface area contributed by atoms with Gasteiger partial charge in [0.1, 0.15) is 0 Å². The average Bonchev–Trinajstić information content (AvgIpc) is 1.63. The Hall–Kier alpha value is -0.720. The summed E-state index contributed by atoms with van der Waals surface area (Å²) in [5.74, 6) is 1.40. The Balaban J connectivity index is 3.38. The van der Waals surface area contributed by atoms with Gasteiger partial charge in [0.2, 0.25) is 0 Å². The van der Waals surface area contributed by atoms with Crippen molar-refractivity contribution >= 4 is 0 Å². The molecule has 0 N–H and O–H groups in total. The highest BCUT2D eigenvalue weighted by Gasteiger charge is 1.96. The Labute approximate surface area is 57.0 Å². The zero-order valence-corrected chi connectivity index (χ0v) is 6.18. The summed E-state index contributed by atoms with van der Waals surface area (Å²) >= 11 is 0. The van der Waals surface area contributed by atoms with Gasteiger partial charge >= 0.3 is 0 Å². The molecule has 0 aliphatic rings. The topological polar surface area (TPSA) is 9.23 Å². The molecule has 1 nitrogen and oxygen atoms in total. The van der Waals surface area contributed by atoms with Crippen molar-refractivity contribution in [3.8, 4) is 0 Å². The van der Waals surface area contributed by atoms with E-state index in [0.29, 0.717) is 5.92 Å². The second-order valence-electron chi connectivity index (χ2n) is 2.42. The maximum atomic E-state index is 4.92. The van der Waals surface area contributed by atoms with Gasteiger partial charge in [0, 0.05) is 6.42 Å². The lowest BCUT2D eigenvalue weighted by Gasteiger charge is -2.05. The largest absolute Gasteiger partial charge is 0.471 e. The van der Waals surface area contributed by atoms with E-state index >= 15 is 0 Å². The summed E-state index contributed by atoms with van der Waals surface area (Å²) in [6, 6.07) is 0. The van der Waals surface area contributed by atoms with E-state index in [4.69, 9.17) is 4.74 Å². The molecule has 52 valence electrons. The summed E-state index contributed by atoms with van der Waals surface area (Å²) < 4.78 is 4.92. The lowest BCUT2D eigenvalue weighted by Crippen LogP contribution is -1.90. The van der Waals surface area contributed by atoms with Gasteiger partial charge in [-0.15, -0.1) is 0 Å². The van der Waals surface area contributed by atoms with Gasteiger partial charge in [0.25, 0.3) is 0 Å². The normalized spacial score (nSPS) is 9.22. The molecule has 0 aromatic carbocycles. The van der Waals surface area contributed by atoms with Crippen LogP contribution in [-0.2, 0) is 4.74 Å². The highest BCUT2D eigenvalue weighted by atomic mass is 16.5. The molecular formula is C8H14O. The smallest absolute Gasteiger partial charge is 0.0962 e. The Kier molecular flexibility index (Phi) is 3.85. The summed E-state index contributed by atoms with van der Waals surface area (Å²) in [5, 5.41) is 0. The highest BCUT2D eigenvalue weighted by Crippen LogP contribution is 2.08. The molecule has 0 spiro atoms. The van der Waals surface area contributed by atoms with Crippen LogP contribution >= 0.6 is 0 Å². The molecule has 0 bridgehead atoms. The maximum absolute atomic E-state index is 4.92. The van der Waals surface area contributed by atoms with Crippen molar-refractivity contribution < 1.29 is 4.74 Å². The molecule has 0 unspecified atom stereocenters. The molecule has 9 heavy (non-hydrogen) atoms. The fourth-order valence-corrected chi connectivity index (χ4v) is 0.621. The molecule has 0 fully saturated rings. The van der Waals surface area contributed by atoms with Crippen LogP contribution in [0.4, 0.5) is 0 Å². The van der Waals surface area contributed by atoms with Gasteiger partial charge in [0.15, 0.2) is 0 Å². The fraction of sp³-hybridized carbons (Fsp3) is 0.500. The molecule has 0 aromatic heterocycles. The van der Waals surface area contributed by atoms with E-state index in [1.165, 1.54) is 6.26 Å². The van der Waals surface area contributed by atoms with Crippen LogP contribution in [0.2, 0.25) is 0 Å². The molecule has 0 atom stereocenters. The molecule has 1 heteroatoms. The molecule has 0 aliphatic carbocycles. The van der Waals surface area contributed by atoms with Crippen molar-refractivity contribution in [2.75, 3.05) is 0 Å². The second-order valence-corrected chi connectivity index (χ2v) is 2.42. The molecule has 0 saturated carbocycles. The predicted octanol–water partition coefficient (Wildman–Crippen LogP) is 2.71. The van der Waals surface area contributed by atoms with Crippen molar-refractivity contribution in [3.63, 3.8) is 0 Å². The average molecular weight is 126 g/mol. The van der Waals surface area contributed by atoms with Crippen LogP contribution in [0.25, 0.3) is 0 Å². The molecular weight excluding hydrogens is 112 g/mol. The van der Waals surface area contributed by atoms with E-state index in [1.807, 2.05) is 0 Å². The zero-order chi connectivity index (χ0) is 7.28. The first-order valence-corrected chi connectivity index (χ1v) is 3.12. The van der Waals surface area contributed by atoms with Crippen LogP contribution < -0.4 is 0 Å². The molecule has 0 amide bonds. The minimum Gasteiger partial charge on any atom is -0.471 e. The van der Waals surface area contributed by atoms with Crippen LogP contribution in [0.15, 0.2) is 25.2 Å². The van der Waals surface area contributed by atoms with E-state index in [9.17, 15) is 0 Å². The van der Waals surface area contributed by atoms with E-state index in [1.54, 1.807) is 0 Å². The van der Waals surface area contributed by atoms with Gasteiger partial charge in [-0.1, -0.05) is 27.0 Å². The molecule has 0 radical (unpaired) electrons. The second kappa shape index (κ2) is 4.19. The minimum absolute atomic E-state index is 0.609. The van der Waals surface area contributed by atoms with Crippen molar-refractivity contribution in [2.45, 2.75) is 20.3 Å². The number of hydrogen-bond donors (Lipinski definition) is 0. The third-order valence-corrected chi connectivity index (χ3v) is 0.886. The van der Waals surface area contributed by atoms with E-state index in [-0.39, 0.29) is 0 Å². The Morgan fingerprint density at radius 2 is 2.22 bits per heavy atom. The Morgan fingerprint density at radius 3 is 2.56 bits per heavy atom. The first-order chi connectivity index (χ1) is 4.16. The third kappa shape index (κ3) is 5.15. The number of allylic oxidation sites excluding steroid dienone is 1. The van der Waals surface area contributed by atoms with Crippen LogP contribution in [0.1, 0.15) is 20.3 Å². The third-order valence-electron chi connectivity index (χ3n) is 0.886. The summed E-state index contributed by atoms with van der Waals surface area (Å²) in [4.78, 5) is 0. The van der Waals surface area contributed by atoms with Crippen molar-refractivity contribution in [2.24, 2.45) is 5.92 Å². The van der Waals surface area contributed by atoms with Crippen molar-refractivity contribution in [1.82, 2.24) is 0 Å². The zero-order valence-electron chi connectivity index (χ0n) is 6.18. The van der Waals surface area contributed by atoms with Crippen LogP contribution in [0.5, 0.6) is 0 Å². The number of ether oxygens (including phenoxy) is 1. The van der Waals surface area contributed by atoms with E-state index < -0.39 is 0 Å². The molecule has 0 heterocycles. The van der Waals surface area contributed by atoms with Crippen molar-refractivity contribution in [3.05, 3.63) is 25.2 Å². The van der Waals surface area contributed by atoms with Crippen LogP contribution in [0, 0.1) is 5.92 Å².